The fourth-order valence-corrected chi connectivity index (χ4v) is 3.14. The largest absolute Gasteiger partial charge is 0.478 e. The molecule has 0 aromatic heterocycles. The van der Waals surface area contributed by atoms with Crippen LogP contribution in [0, 0.1) is 5.92 Å². The van der Waals surface area contributed by atoms with Crippen molar-refractivity contribution in [1.82, 2.24) is 0 Å². The highest BCUT2D eigenvalue weighted by Gasteiger charge is 2.23. The average molecular weight is 338 g/mol. The molecule has 1 aromatic rings. The number of rotatable bonds is 3. The number of aliphatic carboxylic acids is 1. The Labute approximate surface area is 128 Å². The number of hydrogen-bond acceptors (Lipinski definition) is 2. The Kier molecular flexibility index (Phi) is 4.86. The minimum absolute atomic E-state index is 0.554. The molecule has 3 nitrogen and oxygen atoms in total. The van der Waals surface area contributed by atoms with Crippen molar-refractivity contribution in [3.05, 3.63) is 34.3 Å². The molecule has 2 atom stereocenters. The first kappa shape index (κ1) is 15.1. The number of carboxylic acids is 1. The van der Waals surface area contributed by atoms with Gasteiger partial charge in [0, 0.05) is 28.8 Å². The van der Waals surface area contributed by atoms with E-state index >= 15 is 0 Å². The molecule has 4 heteroatoms. The maximum atomic E-state index is 10.6. The maximum absolute atomic E-state index is 10.6. The lowest BCUT2D eigenvalue weighted by Crippen LogP contribution is -2.41. The highest BCUT2D eigenvalue weighted by atomic mass is 79.9. The Morgan fingerprint density at radius 2 is 2.15 bits per heavy atom. The fourth-order valence-electron chi connectivity index (χ4n) is 2.64. The van der Waals surface area contributed by atoms with Crippen LogP contribution < -0.4 is 4.90 Å². The Morgan fingerprint density at radius 1 is 1.40 bits per heavy atom. The number of nitrogens with zero attached hydrogens (tertiary/aromatic N) is 1. The van der Waals surface area contributed by atoms with Crippen LogP contribution in [0.25, 0.3) is 6.08 Å². The highest BCUT2D eigenvalue weighted by molar-refractivity contribution is 9.10. The third kappa shape index (κ3) is 3.63. The van der Waals surface area contributed by atoms with Gasteiger partial charge in [0.05, 0.1) is 0 Å². The number of piperidine rings is 1. The lowest BCUT2D eigenvalue weighted by molar-refractivity contribution is -0.131. The summed E-state index contributed by atoms with van der Waals surface area (Å²) in [5.74, 6) is -0.212. The van der Waals surface area contributed by atoms with E-state index in [1.165, 1.54) is 18.5 Å². The van der Waals surface area contributed by atoms with Crippen LogP contribution >= 0.6 is 15.9 Å². The monoisotopic (exact) mass is 337 g/mol. The molecule has 1 heterocycles. The Hall–Kier alpha value is -1.29. The van der Waals surface area contributed by atoms with Gasteiger partial charge >= 0.3 is 5.97 Å². The quantitative estimate of drug-likeness (QED) is 0.841. The van der Waals surface area contributed by atoms with Gasteiger partial charge in [-0.2, -0.15) is 0 Å². The van der Waals surface area contributed by atoms with Crippen molar-refractivity contribution in [3.63, 3.8) is 0 Å². The molecule has 2 rings (SSSR count). The molecule has 1 fully saturated rings. The topological polar surface area (TPSA) is 40.5 Å². The van der Waals surface area contributed by atoms with E-state index in [1.807, 2.05) is 6.07 Å². The summed E-state index contributed by atoms with van der Waals surface area (Å²) < 4.78 is 0.929. The van der Waals surface area contributed by atoms with Gasteiger partial charge < -0.3 is 10.0 Å². The van der Waals surface area contributed by atoms with Crippen molar-refractivity contribution >= 4 is 33.7 Å². The van der Waals surface area contributed by atoms with Crippen LogP contribution in [0.3, 0.4) is 0 Å². The molecule has 0 bridgehead atoms. The second-order valence-corrected chi connectivity index (χ2v) is 6.42. The Balaban J connectivity index is 2.22. The van der Waals surface area contributed by atoms with Gasteiger partial charge in [-0.05, 0) is 49.5 Å². The zero-order valence-electron chi connectivity index (χ0n) is 11.8. The third-order valence-corrected chi connectivity index (χ3v) is 4.53. The molecule has 20 heavy (non-hydrogen) atoms. The molecule has 1 saturated heterocycles. The number of carboxylic acid groups (broad SMARTS) is 1. The number of benzene rings is 1. The molecule has 0 aliphatic carbocycles. The fraction of sp³-hybridized carbons (Fsp3) is 0.438. The first-order chi connectivity index (χ1) is 9.47. The number of hydrogen-bond donors (Lipinski definition) is 1. The number of halogens is 1. The minimum atomic E-state index is -0.931. The summed E-state index contributed by atoms with van der Waals surface area (Å²) in [6.45, 7) is 5.63. The lowest BCUT2D eigenvalue weighted by atomic mass is 9.94. The molecule has 0 saturated carbocycles. The van der Waals surface area contributed by atoms with E-state index in [-0.39, 0.29) is 0 Å². The summed E-state index contributed by atoms with van der Waals surface area (Å²) >= 11 is 3.53. The highest BCUT2D eigenvalue weighted by Crippen LogP contribution is 2.31. The van der Waals surface area contributed by atoms with Crippen molar-refractivity contribution in [3.8, 4) is 0 Å². The molecule has 1 aliphatic heterocycles. The smallest absolute Gasteiger partial charge is 0.328 e. The molecule has 0 spiro atoms. The maximum Gasteiger partial charge on any atom is 0.328 e. The molecule has 108 valence electrons. The van der Waals surface area contributed by atoms with Gasteiger partial charge in [0.25, 0.3) is 0 Å². The van der Waals surface area contributed by atoms with Crippen molar-refractivity contribution in [2.75, 3.05) is 11.4 Å². The first-order valence-electron chi connectivity index (χ1n) is 6.94. The zero-order valence-corrected chi connectivity index (χ0v) is 13.4. The van der Waals surface area contributed by atoms with Crippen LogP contribution in [0.2, 0.25) is 0 Å². The van der Waals surface area contributed by atoms with E-state index in [0.717, 1.165) is 28.6 Å². The average Bonchev–Trinajstić information content (AvgIpc) is 2.40. The van der Waals surface area contributed by atoms with Gasteiger partial charge in [-0.15, -0.1) is 0 Å². The van der Waals surface area contributed by atoms with E-state index in [1.54, 1.807) is 6.08 Å². The number of anilines is 1. The van der Waals surface area contributed by atoms with Gasteiger partial charge in [0.2, 0.25) is 0 Å². The first-order valence-corrected chi connectivity index (χ1v) is 7.74. The summed E-state index contributed by atoms with van der Waals surface area (Å²) in [6.07, 6.45) is 5.28. The SMILES string of the molecule is CC1CCC(C)N(c2ccc(/C=C/C(=O)O)c(Br)c2)C1. The van der Waals surface area contributed by atoms with Crippen molar-refractivity contribution in [1.29, 1.82) is 0 Å². The summed E-state index contributed by atoms with van der Waals surface area (Å²) in [6, 6.07) is 6.67. The Bertz CT molecular complexity index is 527. The molecule has 0 amide bonds. The molecule has 2 unspecified atom stereocenters. The van der Waals surface area contributed by atoms with E-state index in [2.05, 4.69) is 46.8 Å². The van der Waals surface area contributed by atoms with Gasteiger partial charge in [-0.1, -0.05) is 28.9 Å². The van der Waals surface area contributed by atoms with Crippen LogP contribution in [0.1, 0.15) is 32.3 Å². The molecule has 1 N–H and O–H groups in total. The van der Waals surface area contributed by atoms with Crippen molar-refractivity contribution in [2.24, 2.45) is 5.92 Å². The van der Waals surface area contributed by atoms with Crippen molar-refractivity contribution < 1.29 is 9.90 Å². The van der Waals surface area contributed by atoms with E-state index in [0.29, 0.717) is 6.04 Å². The molecular weight excluding hydrogens is 318 g/mol. The standard InChI is InChI=1S/C16H20BrNO2/c1-11-3-4-12(2)18(10-11)14-7-5-13(15(17)9-14)6-8-16(19)20/h5-9,11-12H,3-4,10H2,1-2H3,(H,19,20)/b8-6+. The predicted molar refractivity (Wildman–Crippen MR) is 86.0 cm³/mol. The molecule has 0 radical (unpaired) electrons. The van der Waals surface area contributed by atoms with Crippen molar-refractivity contribution in [2.45, 2.75) is 32.7 Å². The second-order valence-electron chi connectivity index (χ2n) is 5.56. The Morgan fingerprint density at radius 3 is 2.80 bits per heavy atom. The van der Waals surface area contributed by atoms with Crippen LogP contribution in [0.4, 0.5) is 5.69 Å². The van der Waals surface area contributed by atoms with Gasteiger partial charge in [0.1, 0.15) is 0 Å². The van der Waals surface area contributed by atoms with E-state index < -0.39 is 5.97 Å². The zero-order chi connectivity index (χ0) is 14.7. The summed E-state index contributed by atoms with van der Waals surface area (Å²) in [5.41, 5.74) is 2.08. The normalized spacial score (nSPS) is 23.2. The summed E-state index contributed by atoms with van der Waals surface area (Å²) in [7, 11) is 0. The van der Waals surface area contributed by atoms with E-state index in [9.17, 15) is 4.79 Å². The summed E-state index contributed by atoms with van der Waals surface area (Å²) in [4.78, 5) is 13.0. The minimum Gasteiger partial charge on any atom is -0.478 e. The van der Waals surface area contributed by atoms with Crippen LogP contribution in [0.5, 0.6) is 0 Å². The molecule has 1 aliphatic rings. The van der Waals surface area contributed by atoms with Gasteiger partial charge in [0.15, 0.2) is 0 Å². The lowest BCUT2D eigenvalue weighted by Gasteiger charge is -2.38. The van der Waals surface area contributed by atoms with Crippen LogP contribution in [-0.2, 0) is 4.79 Å². The summed E-state index contributed by atoms with van der Waals surface area (Å²) in [5, 5.41) is 8.68. The number of carbonyl (C=O) groups is 1. The van der Waals surface area contributed by atoms with Crippen LogP contribution in [-0.4, -0.2) is 23.7 Å². The van der Waals surface area contributed by atoms with Gasteiger partial charge in [-0.3, -0.25) is 0 Å². The van der Waals surface area contributed by atoms with Crippen LogP contribution in [0.15, 0.2) is 28.7 Å². The predicted octanol–water partition coefficient (Wildman–Crippen LogP) is 4.17. The van der Waals surface area contributed by atoms with Gasteiger partial charge in [-0.25, -0.2) is 4.79 Å². The van der Waals surface area contributed by atoms with E-state index in [4.69, 9.17) is 5.11 Å². The molecule has 1 aromatic carbocycles. The third-order valence-electron chi connectivity index (χ3n) is 3.84. The molecular formula is C16H20BrNO2. The second kappa shape index (κ2) is 6.44.